The van der Waals surface area contributed by atoms with Crippen LogP contribution in [0.3, 0.4) is 0 Å². The van der Waals surface area contributed by atoms with Crippen molar-refractivity contribution < 1.29 is 18.7 Å². The number of nitrogens with zero attached hydrogens (tertiary/aromatic N) is 1. The van der Waals surface area contributed by atoms with E-state index in [2.05, 4.69) is 0 Å². The van der Waals surface area contributed by atoms with E-state index < -0.39 is 0 Å². The van der Waals surface area contributed by atoms with Crippen LogP contribution in [0.25, 0.3) is 17.4 Å². The lowest BCUT2D eigenvalue weighted by molar-refractivity contribution is -0.122. The molecule has 0 spiro atoms. The van der Waals surface area contributed by atoms with Crippen LogP contribution in [-0.4, -0.2) is 27.7 Å². The summed E-state index contributed by atoms with van der Waals surface area (Å²) in [7, 11) is 0. The van der Waals surface area contributed by atoms with E-state index in [4.69, 9.17) is 21.4 Å². The molecule has 0 radical (unpaired) electrons. The summed E-state index contributed by atoms with van der Waals surface area (Å²) in [5.74, 6) is 0.619. The number of hydrogen-bond acceptors (Lipinski definition) is 6. The number of furan rings is 1. The van der Waals surface area contributed by atoms with Gasteiger partial charge in [-0.3, -0.25) is 9.69 Å². The predicted molar refractivity (Wildman–Crippen MR) is 125 cm³/mol. The number of carbonyl (C=O) groups is 2. The molecule has 0 N–H and O–H groups in total. The number of amides is 1. The van der Waals surface area contributed by atoms with E-state index >= 15 is 0 Å². The number of esters is 1. The summed E-state index contributed by atoms with van der Waals surface area (Å²) in [4.78, 5) is 26.9. The molecule has 1 fully saturated rings. The van der Waals surface area contributed by atoms with Gasteiger partial charge in [0.1, 0.15) is 15.8 Å². The monoisotopic (exact) mass is 449 g/mol. The van der Waals surface area contributed by atoms with Crippen molar-refractivity contribution in [2.45, 2.75) is 13.5 Å². The van der Waals surface area contributed by atoms with E-state index in [0.717, 1.165) is 11.1 Å². The number of rotatable bonds is 6. The molecule has 0 unspecified atom stereocenters. The van der Waals surface area contributed by atoms with Crippen molar-refractivity contribution in [2.24, 2.45) is 0 Å². The van der Waals surface area contributed by atoms with Gasteiger partial charge in [0.15, 0.2) is 0 Å². The van der Waals surface area contributed by atoms with Crippen molar-refractivity contribution in [1.29, 1.82) is 0 Å². The molecule has 2 heterocycles. The highest BCUT2D eigenvalue weighted by Gasteiger charge is 2.32. The lowest BCUT2D eigenvalue weighted by Crippen LogP contribution is -2.27. The SMILES string of the molecule is CCOC(=O)c1cccc(-c2ccc(C=C3SC(=S)N(Cc4ccccc4)C3=O)o2)c1. The van der Waals surface area contributed by atoms with E-state index in [1.54, 1.807) is 48.2 Å². The maximum atomic E-state index is 12.8. The van der Waals surface area contributed by atoms with Gasteiger partial charge in [-0.15, -0.1) is 0 Å². The zero-order chi connectivity index (χ0) is 21.8. The number of thioether (sulfide) groups is 1. The van der Waals surface area contributed by atoms with Gasteiger partial charge in [-0.2, -0.15) is 0 Å². The molecule has 5 nitrogen and oxygen atoms in total. The van der Waals surface area contributed by atoms with Gasteiger partial charge >= 0.3 is 5.97 Å². The number of hydrogen-bond donors (Lipinski definition) is 0. The van der Waals surface area contributed by atoms with E-state index in [9.17, 15) is 9.59 Å². The first-order valence-corrected chi connectivity index (χ1v) is 10.9. The Labute approximate surface area is 189 Å². The Morgan fingerprint density at radius 2 is 1.94 bits per heavy atom. The second-order valence-electron chi connectivity index (χ2n) is 6.76. The van der Waals surface area contributed by atoms with Gasteiger partial charge in [0.05, 0.1) is 23.6 Å². The largest absolute Gasteiger partial charge is 0.462 e. The molecule has 3 aromatic rings. The average molecular weight is 450 g/mol. The Morgan fingerprint density at radius 3 is 2.71 bits per heavy atom. The summed E-state index contributed by atoms with van der Waals surface area (Å²) in [5.41, 5.74) is 2.22. The van der Waals surface area contributed by atoms with Gasteiger partial charge in [0.2, 0.25) is 0 Å². The van der Waals surface area contributed by atoms with Crippen molar-refractivity contribution in [1.82, 2.24) is 4.90 Å². The highest BCUT2D eigenvalue weighted by atomic mass is 32.2. The first-order valence-electron chi connectivity index (χ1n) is 9.72. The van der Waals surface area contributed by atoms with Crippen molar-refractivity contribution in [2.75, 3.05) is 6.61 Å². The third-order valence-electron chi connectivity index (χ3n) is 4.62. The molecule has 4 rings (SSSR count). The average Bonchev–Trinajstić information content (AvgIpc) is 3.35. The number of benzene rings is 2. The van der Waals surface area contributed by atoms with Crippen molar-refractivity contribution in [3.8, 4) is 11.3 Å². The van der Waals surface area contributed by atoms with Gasteiger partial charge in [-0.25, -0.2) is 4.79 Å². The quantitative estimate of drug-likeness (QED) is 0.280. The number of ether oxygens (including phenoxy) is 1. The minimum Gasteiger partial charge on any atom is -0.462 e. The molecule has 1 saturated heterocycles. The highest BCUT2D eigenvalue weighted by Crippen LogP contribution is 2.34. The molecule has 0 saturated carbocycles. The number of carbonyl (C=O) groups excluding carboxylic acids is 2. The molecule has 1 aliphatic rings. The molecule has 31 heavy (non-hydrogen) atoms. The van der Waals surface area contributed by atoms with Crippen LogP contribution >= 0.6 is 24.0 Å². The van der Waals surface area contributed by atoms with Crippen LogP contribution in [0, 0.1) is 0 Å². The fraction of sp³-hybridized carbons (Fsp3) is 0.125. The van der Waals surface area contributed by atoms with Crippen LogP contribution in [0.2, 0.25) is 0 Å². The van der Waals surface area contributed by atoms with Crippen molar-refractivity contribution in [3.63, 3.8) is 0 Å². The molecule has 1 amide bonds. The predicted octanol–water partition coefficient (Wildman–Crippen LogP) is 5.52. The third-order valence-corrected chi connectivity index (χ3v) is 5.99. The lowest BCUT2D eigenvalue weighted by Gasteiger charge is -2.14. The molecular weight excluding hydrogens is 430 g/mol. The highest BCUT2D eigenvalue weighted by molar-refractivity contribution is 8.26. The van der Waals surface area contributed by atoms with Gasteiger partial charge in [0, 0.05) is 11.6 Å². The molecule has 0 aliphatic carbocycles. The maximum Gasteiger partial charge on any atom is 0.338 e. The van der Waals surface area contributed by atoms with Gasteiger partial charge in [0.25, 0.3) is 5.91 Å². The van der Waals surface area contributed by atoms with E-state index in [1.807, 2.05) is 36.4 Å². The Balaban J connectivity index is 1.52. The second kappa shape index (κ2) is 9.32. The lowest BCUT2D eigenvalue weighted by atomic mass is 10.1. The summed E-state index contributed by atoms with van der Waals surface area (Å²) in [6.45, 7) is 2.52. The molecular formula is C24H19NO4S2. The van der Waals surface area contributed by atoms with Gasteiger partial charge in [-0.1, -0.05) is 66.4 Å². The zero-order valence-electron chi connectivity index (χ0n) is 16.7. The summed E-state index contributed by atoms with van der Waals surface area (Å²) >= 11 is 6.67. The first kappa shape index (κ1) is 21.1. The van der Waals surface area contributed by atoms with Gasteiger partial charge < -0.3 is 9.15 Å². The van der Waals surface area contributed by atoms with Gasteiger partial charge in [-0.05, 0) is 36.8 Å². The smallest absolute Gasteiger partial charge is 0.338 e. The van der Waals surface area contributed by atoms with E-state index in [1.165, 1.54) is 11.8 Å². The van der Waals surface area contributed by atoms with E-state index in [0.29, 0.717) is 39.5 Å². The Kier molecular flexibility index (Phi) is 6.34. The minimum atomic E-state index is -0.377. The maximum absolute atomic E-state index is 12.8. The summed E-state index contributed by atoms with van der Waals surface area (Å²) < 4.78 is 11.5. The Morgan fingerprint density at radius 1 is 1.13 bits per heavy atom. The standard InChI is InChI=1S/C24H19NO4S2/c1-2-28-23(27)18-10-6-9-17(13-18)20-12-11-19(29-20)14-21-22(26)25(24(30)31-21)15-16-7-4-3-5-8-16/h3-14H,2,15H2,1H3. The molecule has 7 heteroatoms. The molecule has 156 valence electrons. The topological polar surface area (TPSA) is 59.8 Å². The van der Waals surface area contributed by atoms with Crippen LogP contribution in [0.15, 0.2) is 76.1 Å². The molecule has 0 bridgehead atoms. The van der Waals surface area contributed by atoms with Crippen molar-refractivity contribution in [3.05, 3.63) is 88.5 Å². The Hall–Kier alpha value is -3.16. The molecule has 1 aliphatic heterocycles. The minimum absolute atomic E-state index is 0.138. The van der Waals surface area contributed by atoms with E-state index in [-0.39, 0.29) is 11.9 Å². The Bertz CT molecular complexity index is 1170. The zero-order valence-corrected chi connectivity index (χ0v) is 18.4. The van der Waals surface area contributed by atoms with Crippen molar-refractivity contribution >= 4 is 46.3 Å². The fourth-order valence-corrected chi connectivity index (χ4v) is 4.37. The number of thiocarbonyl (C=S) groups is 1. The van der Waals surface area contributed by atoms with Crippen LogP contribution < -0.4 is 0 Å². The first-order chi connectivity index (χ1) is 15.0. The van der Waals surface area contributed by atoms with Crippen LogP contribution in [0.5, 0.6) is 0 Å². The normalized spacial score (nSPS) is 15.0. The third kappa shape index (κ3) is 4.78. The fourth-order valence-electron chi connectivity index (χ4n) is 3.13. The second-order valence-corrected chi connectivity index (χ2v) is 8.43. The van der Waals surface area contributed by atoms with Crippen LogP contribution in [0.4, 0.5) is 0 Å². The molecule has 0 atom stereocenters. The summed E-state index contributed by atoms with van der Waals surface area (Å²) in [6, 6.07) is 20.4. The molecule has 1 aromatic heterocycles. The van der Waals surface area contributed by atoms with Crippen LogP contribution in [-0.2, 0) is 16.1 Å². The molecule has 2 aromatic carbocycles. The summed E-state index contributed by atoms with van der Waals surface area (Å²) in [5, 5.41) is 0. The van der Waals surface area contributed by atoms with Crippen LogP contribution in [0.1, 0.15) is 28.6 Å². The summed E-state index contributed by atoms with van der Waals surface area (Å²) in [6.07, 6.45) is 1.70.